The van der Waals surface area contributed by atoms with Gasteiger partial charge >= 0.3 is 0 Å². The number of nitrogens with one attached hydrogen (secondary N) is 1. The van der Waals surface area contributed by atoms with Crippen molar-refractivity contribution < 1.29 is 0 Å². The lowest BCUT2D eigenvalue weighted by molar-refractivity contribution is 0.434. The average Bonchev–Trinajstić information content (AvgIpc) is 2.40. The van der Waals surface area contributed by atoms with Crippen LogP contribution in [0.2, 0.25) is 0 Å². The van der Waals surface area contributed by atoms with Crippen molar-refractivity contribution >= 4 is 11.4 Å². The minimum atomic E-state index is 0.711. The SMILES string of the molecule is CCCC1CCCCN1c1cncc(NCC)c1. The van der Waals surface area contributed by atoms with E-state index in [1.807, 2.05) is 12.4 Å². The maximum Gasteiger partial charge on any atom is 0.0575 e. The van der Waals surface area contributed by atoms with Crippen LogP contribution in [0.25, 0.3) is 0 Å². The van der Waals surface area contributed by atoms with Gasteiger partial charge < -0.3 is 10.2 Å². The molecule has 0 aromatic carbocycles. The van der Waals surface area contributed by atoms with Crippen LogP contribution in [0.3, 0.4) is 0 Å². The molecule has 1 aromatic rings. The second-order valence-corrected chi connectivity index (χ2v) is 5.09. The van der Waals surface area contributed by atoms with Gasteiger partial charge in [-0.15, -0.1) is 0 Å². The molecule has 3 nitrogen and oxygen atoms in total. The third-order valence-corrected chi connectivity index (χ3v) is 3.69. The van der Waals surface area contributed by atoms with Crippen molar-refractivity contribution in [1.29, 1.82) is 0 Å². The van der Waals surface area contributed by atoms with E-state index in [0.29, 0.717) is 6.04 Å². The summed E-state index contributed by atoms with van der Waals surface area (Å²) < 4.78 is 0. The number of pyridine rings is 1. The minimum absolute atomic E-state index is 0.711. The summed E-state index contributed by atoms with van der Waals surface area (Å²) in [5.41, 5.74) is 2.42. The third-order valence-electron chi connectivity index (χ3n) is 3.69. The first-order valence-electron chi connectivity index (χ1n) is 7.30. The molecule has 0 bridgehead atoms. The van der Waals surface area contributed by atoms with Gasteiger partial charge in [-0.2, -0.15) is 0 Å². The Morgan fingerprint density at radius 3 is 3.00 bits per heavy atom. The Hall–Kier alpha value is -1.25. The van der Waals surface area contributed by atoms with Crippen LogP contribution < -0.4 is 10.2 Å². The molecular weight excluding hydrogens is 222 g/mol. The lowest BCUT2D eigenvalue weighted by Crippen LogP contribution is -2.39. The van der Waals surface area contributed by atoms with E-state index >= 15 is 0 Å². The number of nitrogens with zero attached hydrogens (tertiary/aromatic N) is 2. The molecule has 18 heavy (non-hydrogen) atoms. The highest BCUT2D eigenvalue weighted by Crippen LogP contribution is 2.28. The summed E-state index contributed by atoms with van der Waals surface area (Å²) >= 11 is 0. The number of piperidine rings is 1. The fourth-order valence-electron chi connectivity index (χ4n) is 2.86. The van der Waals surface area contributed by atoms with Crippen molar-refractivity contribution in [2.24, 2.45) is 0 Å². The topological polar surface area (TPSA) is 28.2 Å². The molecule has 0 amide bonds. The monoisotopic (exact) mass is 247 g/mol. The van der Waals surface area contributed by atoms with Crippen molar-refractivity contribution in [3.05, 3.63) is 18.5 Å². The van der Waals surface area contributed by atoms with Gasteiger partial charge in [0.1, 0.15) is 0 Å². The van der Waals surface area contributed by atoms with Crippen LogP contribution in [0.5, 0.6) is 0 Å². The van der Waals surface area contributed by atoms with Crippen LogP contribution in [0.4, 0.5) is 11.4 Å². The number of hydrogen-bond acceptors (Lipinski definition) is 3. The molecule has 1 unspecified atom stereocenters. The molecule has 2 rings (SSSR count). The van der Waals surface area contributed by atoms with Crippen LogP contribution in [-0.2, 0) is 0 Å². The zero-order valence-electron chi connectivity index (χ0n) is 11.7. The van der Waals surface area contributed by atoms with E-state index in [1.54, 1.807) is 0 Å². The largest absolute Gasteiger partial charge is 0.384 e. The van der Waals surface area contributed by atoms with Gasteiger partial charge in [-0.05, 0) is 38.7 Å². The highest BCUT2D eigenvalue weighted by molar-refractivity contribution is 5.56. The molecule has 1 aliphatic rings. The lowest BCUT2D eigenvalue weighted by Gasteiger charge is -2.37. The van der Waals surface area contributed by atoms with Gasteiger partial charge in [0.15, 0.2) is 0 Å². The molecule has 1 aromatic heterocycles. The predicted octanol–water partition coefficient (Wildman–Crippen LogP) is 3.67. The Morgan fingerprint density at radius 1 is 1.33 bits per heavy atom. The van der Waals surface area contributed by atoms with Gasteiger partial charge in [0.25, 0.3) is 0 Å². The van der Waals surface area contributed by atoms with E-state index in [9.17, 15) is 0 Å². The van der Waals surface area contributed by atoms with Gasteiger partial charge in [0, 0.05) is 19.1 Å². The summed E-state index contributed by atoms with van der Waals surface area (Å²) in [4.78, 5) is 6.93. The van der Waals surface area contributed by atoms with Crippen LogP contribution in [0.15, 0.2) is 18.5 Å². The predicted molar refractivity (Wildman–Crippen MR) is 78.3 cm³/mol. The zero-order valence-corrected chi connectivity index (χ0v) is 11.7. The minimum Gasteiger partial charge on any atom is -0.384 e. The summed E-state index contributed by atoms with van der Waals surface area (Å²) in [6.45, 7) is 6.53. The third kappa shape index (κ3) is 3.15. The zero-order chi connectivity index (χ0) is 12.8. The molecule has 3 heteroatoms. The first kappa shape index (κ1) is 13.2. The average molecular weight is 247 g/mol. The van der Waals surface area contributed by atoms with Gasteiger partial charge in [-0.25, -0.2) is 0 Å². The summed E-state index contributed by atoms with van der Waals surface area (Å²) in [6, 6.07) is 2.95. The van der Waals surface area contributed by atoms with E-state index in [0.717, 1.165) is 12.2 Å². The molecule has 1 N–H and O–H groups in total. The second kappa shape index (κ2) is 6.62. The quantitative estimate of drug-likeness (QED) is 0.860. The Morgan fingerprint density at radius 2 is 2.22 bits per heavy atom. The molecule has 1 atom stereocenters. The Balaban J connectivity index is 2.14. The molecule has 2 heterocycles. The van der Waals surface area contributed by atoms with E-state index < -0.39 is 0 Å². The highest BCUT2D eigenvalue weighted by atomic mass is 15.2. The van der Waals surface area contributed by atoms with Crippen LogP contribution in [0, 0.1) is 0 Å². The van der Waals surface area contributed by atoms with Crippen LogP contribution in [0.1, 0.15) is 46.0 Å². The van der Waals surface area contributed by atoms with Crippen molar-refractivity contribution in [3.63, 3.8) is 0 Å². The first-order chi connectivity index (χ1) is 8.85. The first-order valence-corrected chi connectivity index (χ1v) is 7.30. The molecule has 0 saturated carbocycles. The standard InChI is InChI=1S/C15H25N3/c1-3-7-14-8-5-6-9-18(14)15-10-13(17-4-2)11-16-12-15/h10-12,14,17H,3-9H2,1-2H3. The number of rotatable bonds is 5. The highest BCUT2D eigenvalue weighted by Gasteiger charge is 2.22. The smallest absolute Gasteiger partial charge is 0.0575 e. The van der Waals surface area contributed by atoms with Gasteiger partial charge in [0.05, 0.1) is 23.8 Å². The molecule has 1 fully saturated rings. The van der Waals surface area contributed by atoms with Gasteiger partial charge in [-0.3, -0.25) is 4.98 Å². The van der Waals surface area contributed by atoms with Crippen molar-refractivity contribution in [1.82, 2.24) is 4.98 Å². The van der Waals surface area contributed by atoms with Gasteiger partial charge in [0.2, 0.25) is 0 Å². The summed E-state index contributed by atoms with van der Waals surface area (Å²) in [7, 11) is 0. The molecular formula is C15H25N3. The fourth-order valence-corrected chi connectivity index (χ4v) is 2.86. The van der Waals surface area contributed by atoms with E-state index in [-0.39, 0.29) is 0 Å². The van der Waals surface area contributed by atoms with E-state index in [1.165, 1.54) is 44.3 Å². The van der Waals surface area contributed by atoms with Crippen molar-refractivity contribution in [2.75, 3.05) is 23.3 Å². The summed E-state index contributed by atoms with van der Waals surface area (Å²) in [5.74, 6) is 0. The van der Waals surface area contributed by atoms with Gasteiger partial charge in [-0.1, -0.05) is 13.3 Å². The Kier molecular flexibility index (Phi) is 4.85. The molecule has 100 valence electrons. The fraction of sp³-hybridized carbons (Fsp3) is 0.667. The van der Waals surface area contributed by atoms with Crippen molar-refractivity contribution in [3.8, 4) is 0 Å². The number of anilines is 2. The van der Waals surface area contributed by atoms with E-state index in [2.05, 4.69) is 35.1 Å². The molecule has 0 spiro atoms. The lowest BCUT2D eigenvalue weighted by atomic mass is 9.97. The maximum atomic E-state index is 4.37. The Labute approximate surface area is 111 Å². The molecule has 1 aliphatic heterocycles. The summed E-state index contributed by atoms with van der Waals surface area (Å²) in [6.07, 6.45) is 10.5. The maximum absolute atomic E-state index is 4.37. The molecule has 0 radical (unpaired) electrons. The Bertz CT molecular complexity index is 363. The molecule has 0 aliphatic carbocycles. The van der Waals surface area contributed by atoms with Crippen molar-refractivity contribution in [2.45, 2.75) is 52.0 Å². The van der Waals surface area contributed by atoms with E-state index in [4.69, 9.17) is 0 Å². The number of aromatic nitrogens is 1. The summed E-state index contributed by atoms with van der Waals surface area (Å²) in [5, 5.41) is 3.34. The van der Waals surface area contributed by atoms with Crippen LogP contribution >= 0.6 is 0 Å². The molecule has 1 saturated heterocycles. The second-order valence-electron chi connectivity index (χ2n) is 5.09. The number of hydrogen-bond donors (Lipinski definition) is 1. The van der Waals surface area contributed by atoms with Crippen LogP contribution in [-0.4, -0.2) is 24.1 Å². The normalized spacial score (nSPS) is 19.9.